The summed E-state index contributed by atoms with van der Waals surface area (Å²) >= 11 is 0. The van der Waals surface area contributed by atoms with Crippen molar-refractivity contribution < 1.29 is 9.47 Å². The first-order valence-corrected chi connectivity index (χ1v) is 16.4. The number of rotatable bonds is 6. The lowest BCUT2D eigenvalue weighted by molar-refractivity contribution is 0.359. The Hall–Kier alpha value is -6.45. The Kier molecular flexibility index (Phi) is 6.66. The predicted octanol–water partition coefficient (Wildman–Crippen LogP) is 12.3. The van der Waals surface area contributed by atoms with Crippen LogP contribution >= 0.6 is 0 Å². The molecule has 7 aromatic carbocycles. The summed E-state index contributed by atoms with van der Waals surface area (Å²) < 4.78 is 13.4. The molecular formula is C46H31NO2. The summed E-state index contributed by atoms with van der Waals surface area (Å²) in [5.41, 5.74) is 12.6. The largest absolute Gasteiger partial charge is 0.450 e. The molecule has 0 atom stereocenters. The van der Waals surface area contributed by atoms with E-state index in [0.717, 1.165) is 39.1 Å². The molecule has 0 aromatic heterocycles. The van der Waals surface area contributed by atoms with E-state index in [1.54, 1.807) is 0 Å². The second-order valence-electron chi connectivity index (χ2n) is 12.4. The van der Waals surface area contributed by atoms with Crippen LogP contribution in [0.3, 0.4) is 0 Å². The molecule has 2 aliphatic rings. The van der Waals surface area contributed by atoms with Crippen molar-refractivity contribution >= 4 is 18.5 Å². The molecule has 0 unspecified atom stereocenters. The van der Waals surface area contributed by atoms with Gasteiger partial charge in [0.1, 0.15) is 0 Å². The molecule has 0 fully saturated rings. The van der Waals surface area contributed by atoms with Gasteiger partial charge in [0, 0.05) is 5.56 Å². The van der Waals surface area contributed by atoms with Crippen molar-refractivity contribution in [1.82, 2.24) is 0 Å². The van der Waals surface area contributed by atoms with Crippen LogP contribution in [0.15, 0.2) is 169 Å². The molecule has 0 radical (unpaired) electrons. The molecule has 0 N–H and O–H groups in total. The molecule has 1 heterocycles. The Bertz CT molecular complexity index is 2390. The van der Waals surface area contributed by atoms with Gasteiger partial charge in [-0.3, -0.25) is 4.99 Å². The Morgan fingerprint density at radius 1 is 0.469 bits per heavy atom. The van der Waals surface area contributed by atoms with Crippen LogP contribution in [0.2, 0.25) is 0 Å². The zero-order chi connectivity index (χ0) is 33.0. The summed E-state index contributed by atoms with van der Waals surface area (Å²) in [6, 6.07) is 55.2. The molecule has 7 aromatic rings. The zero-order valence-electron chi connectivity index (χ0n) is 26.8. The van der Waals surface area contributed by atoms with Gasteiger partial charge < -0.3 is 9.47 Å². The highest BCUT2D eigenvalue weighted by Crippen LogP contribution is 2.59. The van der Waals surface area contributed by atoms with E-state index in [-0.39, 0.29) is 0 Å². The standard InChI is InChI=1S/C46H31NO2/c1-3-33-35(22-14-24-41(33)47-2)36-20-11-10-19-34(36)30-25-26-42-43(27-30)49-44-28-38-37-21-12-13-23-39(37)46(31-15-6-4-7-16-31,32-17-8-5-9-18-32)40(38)29-45(44)48-42/h3-29H,1-2H2. The van der Waals surface area contributed by atoms with Gasteiger partial charge in [-0.2, -0.15) is 0 Å². The topological polar surface area (TPSA) is 30.8 Å². The first-order chi connectivity index (χ1) is 24.2. The summed E-state index contributed by atoms with van der Waals surface area (Å²) in [5.74, 6) is 2.75. The number of hydrogen-bond acceptors (Lipinski definition) is 3. The highest BCUT2D eigenvalue weighted by Gasteiger charge is 2.47. The van der Waals surface area contributed by atoms with E-state index in [1.807, 2.05) is 24.3 Å². The summed E-state index contributed by atoms with van der Waals surface area (Å²) in [6.07, 6.45) is 1.84. The maximum Gasteiger partial charge on any atom is 0.170 e. The number of benzene rings is 7. The van der Waals surface area contributed by atoms with Crippen molar-refractivity contribution in [3.05, 3.63) is 192 Å². The molecular weight excluding hydrogens is 599 g/mol. The number of aliphatic imine (C=N–C) groups is 1. The van der Waals surface area contributed by atoms with Gasteiger partial charge in [0.2, 0.25) is 0 Å². The maximum atomic E-state index is 6.72. The number of hydrogen-bond donors (Lipinski definition) is 0. The molecule has 49 heavy (non-hydrogen) atoms. The first kappa shape index (κ1) is 28.7. The lowest BCUT2D eigenvalue weighted by atomic mass is 9.67. The molecule has 3 heteroatoms. The average molecular weight is 630 g/mol. The number of nitrogens with zero attached hydrogens (tertiary/aromatic N) is 1. The molecule has 3 nitrogen and oxygen atoms in total. The van der Waals surface area contributed by atoms with Crippen molar-refractivity contribution in [3.8, 4) is 56.4 Å². The van der Waals surface area contributed by atoms with Gasteiger partial charge in [-0.05, 0) is 92.7 Å². The summed E-state index contributed by atoms with van der Waals surface area (Å²) in [6.45, 7) is 7.83. The molecule has 1 aliphatic carbocycles. The van der Waals surface area contributed by atoms with Gasteiger partial charge in [0.05, 0.1) is 11.1 Å². The Morgan fingerprint density at radius 2 is 1.06 bits per heavy atom. The molecule has 1 aliphatic heterocycles. The predicted molar refractivity (Wildman–Crippen MR) is 201 cm³/mol. The Balaban J connectivity index is 1.18. The fourth-order valence-electron chi connectivity index (χ4n) is 7.79. The van der Waals surface area contributed by atoms with Crippen LogP contribution < -0.4 is 9.47 Å². The summed E-state index contributed by atoms with van der Waals surface area (Å²) in [7, 11) is 0. The van der Waals surface area contributed by atoms with E-state index in [4.69, 9.17) is 9.47 Å². The van der Waals surface area contributed by atoms with Gasteiger partial charge in [0.25, 0.3) is 0 Å². The van der Waals surface area contributed by atoms with E-state index in [1.165, 1.54) is 27.8 Å². The molecule has 0 bridgehead atoms. The SMILES string of the molecule is C=Cc1c(N=C)cccc1-c1ccccc1-c1ccc2c(c1)Oc1cc3c(cc1O2)C(c1ccccc1)(c1ccccc1)c1ccccc1-3. The summed E-state index contributed by atoms with van der Waals surface area (Å²) in [4.78, 5) is 4.23. The van der Waals surface area contributed by atoms with E-state index in [9.17, 15) is 0 Å². The van der Waals surface area contributed by atoms with Crippen molar-refractivity contribution in [2.45, 2.75) is 5.41 Å². The van der Waals surface area contributed by atoms with Gasteiger partial charge in [0.15, 0.2) is 23.0 Å². The normalized spacial score (nSPS) is 13.1. The van der Waals surface area contributed by atoms with E-state index >= 15 is 0 Å². The van der Waals surface area contributed by atoms with Crippen molar-refractivity contribution in [2.75, 3.05) is 0 Å². The second-order valence-corrected chi connectivity index (χ2v) is 12.4. The van der Waals surface area contributed by atoms with Crippen molar-refractivity contribution in [2.24, 2.45) is 4.99 Å². The molecule has 0 amide bonds. The smallest absolute Gasteiger partial charge is 0.170 e. The molecule has 232 valence electrons. The third-order valence-corrected chi connectivity index (χ3v) is 9.89. The number of fused-ring (bicyclic) bond motifs is 5. The minimum absolute atomic E-state index is 0.511. The molecule has 0 spiro atoms. The minimum Gasteiger partial charge on any atom is -0.450 e. The highest BCUT2D eigenvalue weighted by molar-refractivity contribution is 5.91. The number of ether oxygens (including phenoxy) is 2. The van der Waals surface area contributed by atoms with Crippen LogP contribution in [0.4, 0.5) is 5.69 Å². The Labute approximate surface area is 286 Å². The summed E-state index contributed by atoms with van der Waals surface area (Å²) in [5, 5.41) is 0. The van der Waals surface area contributed by atoms with Crippen molar-refractivity contribution in [3.63, 3.8) is 0 Å². The monoisotopic (exact) mass is 629 g/mol. The van der Waals surface area contributed by atoms with E-state index in [0.29, 0.717) is 23.0 Å². The van der Waals surface area contributed by atoms with Crippen LogP contribution in [0, 0.1) is 0 Å². The lowest BCUT2D eigenvalue weighted by Crippen LogP contribution is -2.28. The van der Waals surface area contributed by atoms with Crippen LogP contribution in [0.25, 0.3) is 39.5 Å². The van der Waals surface area contributed by atoms with Crippen LogP contribution in [0.5, 0.6) is 23.0 Å². The van der Waals surface area contributed by atoms with Crippen molar-refractivity contribution in [1.29, 1.82) is 0 Å². The second kappa shape index (κ2) is 11.4. The lowest BCUT2D eigenvalue weighted by Gasteiger charge is -2.34. The minimum atomic E-state index is -0.511. The van der Waals surface area contributed by atoms with Gasteiger partial charge in [-0.1, -0.05) is 140 Å². The van der Waals surface area contributed by atoms with Crippen LogP contribution in [0.1, 0.15) is 27.8 Å². The van der Waals surface area contributed by atoms with Crippen LogP contribution in [-0.4, -0.2) is 6.72 Å². The van der Waals surface area contributed by atoms with E-state index < -0.39 is 5.41 Å². The van der Waals surface area contributed by atoms with Crippen LogP contribution in [-0.2, 0) is 5.41 Å². The first-order valence-electron chi connectivity index (χ1n) is 16.4. The third kappa shape index (κ3) is 4.33. The molecule has 9 rings (SSSR count). The van der Waals surface area contributed by atoms with Gasteiger partial charge >= 0.3 is 0 Å². The third-order valence-electron chi connectivity index (χ3n) is 9.89. The fourth-order valence-corrected chi connectivity index (χ4v) is 7.79. The highest BCUT2D eigenvalue weighted by atomic mass is 16.6. The van der Waals surface area contributed by atoms with Gasteiger partial charge in [-0.15, -0.1) is 0 Å². The quantitative estimate of drug-likeness (QED) is 0.171. The van der Waals surface area contributed by atoms with E-state index in [2.05, 4.69) is 158 Å². The average Bonchev–Trinajstić information content (AvgIpc) is 3.46. The molecule has 0 saturated carbocycles. The zero-order valence-corrected chi connectivity index (χ0v) is 26.8. The van der Waals surface area contributed by atoms with Gasteiger partial charge in [-0.25, -0.2) is 0 Å². The fraction of sp³-hybridized carbons (Fsp3) is 0.0217. The molecule has 0 saturated heterocycles. The Morgan fingerprint density at radius 3 is 1.78 bits per heavy atom. The maximum absolute atomic E-state index is 6.72.